The van der Waals surface area contributed by atoms with Gasteiger partial charge < -0.3 is 9.57 Å². The molecule has 0 N–H and O–H groups in total. The predicted octanol–water partition coefficient (Wildman–Crippen LogP) is 0.348. The maximum atomic E-state index is 10.3. The maximum absolute atomic E-state index is 10.3. The average molecular weight is 143 g/mol. The molecule has 0 fully saturated rings. The first-order valence-corrected chi connectivity index (χ1v) is 2.65. The molecule has 0 atom stereocenters. The van der Waals surface area contributed by atoms with Gasteiger partial charge in [-0.05, 0) is 0 Å². The lowest BCUT2D eigenvalue weighted by molar-refractivity contribution is -0.132. The molecule has 0 aromatic heterocycles. The van der Waals surface area contributed by atoms with E-state index in [0.717, 1.165) is 6.21 Å². The summed E-state index contributed by atoms with van der Waals surface area (Å²) in [4.78, 5) is 14.8. The molecule has 0 radical (unpaired) electrons. The number of hydrogen-bond donors (Lipinski definition) is 0. The van der Waals surface area contributed by atoms with Crippen molar-refractivity contribution in [2.75, 3.05) is 13.7 Å². The summed E-state index contributed by atoms with van der Waals surface area (Å²) in [6, 6.07) is 0. The van der Waals surface area contributed by atoms with Crippen molar-refractivity contribution in [1.82, 2.24) is 0 Å². The standard InChI is InChI=1S/C6H9NO3/c1-3-4-10-7-5-6(8)9-2/h3,5H,1,4H2,2H3/b7-5+. The Kier molecular flexibility index (Phi) is 5.04. The molecule has 10 heavy (non-hydrogen) atoms. The molecule has 0 heterocycles. The van der Waals surface area contributed by atoms with Crippen molar-refractivity contribution in [2.24, 2.45) is 5.16 Å². The lowest BCUT2D eigenvalue weighted by Gasteiger charge is -1.90. The topological polar surface area (TPSA) is 47.9 Å². The van der Waals surface area contributed by atoms with Gasteiger partial charge in [0.1, 0.15) is 6.61 Å². The van der Waals surface area contributed by atoms with Crippen LogP contribution in [-0.2, 0) is 14.4 Å². The van der Waals surface area contributed by atoms with Gasteiger partial charge in [0.2, 0.25) is 0 Å². The Morgan fingerprint density at radius 1 is 1.80 bits per heavy atom. The van der Waals surface area contributed by atoms with Gasteiger partial charge in [0.05, 0.1) is 7.11 Å². The average Bonchev–Trinajstić information content (AvgIpc) is 1.98. The number of hydrogen-bond acceptors (Lipinski definition) is 4. The zero-order valence-electron chi connectivity index (χ0n) is 5.74. The van der Waals surface area contributed by atoms with E-state index in [1.165, 1.54) is 13.2 Å². The van der Waals surface area contributed by atoms with E-state index in [9.17, 15) is 4.79 Å². The molecule has 0 unspecified atom stereocenters. The Morgan fingerprint density at radius 3 is 3.00 bits per heavy atom. The Bertz CT molecular complexity index is 142. The van der Waals surface area contributed by atoms with Gasteiger partial charge in [-0.3, -0.25) is 0 Å². The van der Waals surface area contributed by atoms with E-state index in [4.69, 9.17) is 0 Å². The lowest BCUT2D eigenvalue weighted by Crippen LogP contribution is -2.01. The number of carbonyl (C=O) groups excluding carboxylic acids is 1. The molecular formula is C6H9NO3. The Hall–Kier alpha value is -1.32. The smallest absolute Gasteiger partial charge is 0.352 e. The van der Waals surface area contributed by atoms with Gasteiger partial charge in [0.15, 0.2) is 6.21 Å². The first-order valence-electron chi connectivity index (χ1n) is 2.65. The van der Waals surface area contributed by atoms with Crippen LogP contribution >= 0.6 is 0 Å². The normalized spacial score (nSPS) is 9.30. The van der Waals surface area contributed by atoms with Gasteiger partial charge >= 0.3 is 5.97 Å². The lowest BCUT2D eigenvalue weighted by atomic mass is 10.7. The van der Waals surface area contributed by atoms with Crippen molar-refractivity contribution in [3.05, 3.63) is 12.7 Å². The van der Waals surface area contributed by atoms with Crippen LogP contribution in [0, 0.1) is 0 Å². The first kappa shape index (κ1) is 8.68. The van der Waals surface area contributed by atoms with Crippen molar-refractivity contribution in [2.45, 2.75) is 0 Å². The van der Waals surface area contributed by atoms with Gasteiger partial charge in [0, 0.05) is 0 Å². The molecule has 0 aromatic carbocycles. The number of carbonyl (C=O) groups is 1. The molecular weight excluding hydrogens is 134 g/mol. The number of rotatable bonds is 4. The second kappa shape index (κ2) is 5.81. The molecule has 0 saturated heterocycles. The summed E-state index contributed by atoms with van der Waals surface area (Å²) in [5.41, 5.74) is 0. The molecule has 0 aliphatic rings. The van der Waals surface area contributed by atoms with Gasteiger partial charge in [-0.15, -0.1) is 0 Å². The quantitative estimate of drug-likeness (QED) is 0.187. The molecule has 56 valence electrons. The van der Waals surface area contributed by atoms with Crippen LogP contribution in [0.4, 0.5) is 0 Å². The van der Waals surface area contributed by atoms with E-state index in [0.29, 0.717) is 0 Å². The largest absolute Gasteiger partial charge is 0.465 e. The highest BCUT2D eigenvalue weighted by molar-refractivity contribution is 6.22. The second-order valence-corrected chi connectivity index (χ2v) is 1.34. The molecule has 4 heteroatoms. The Labute approximate surface area is 59.1 Å². The monoisotopic (exact) mass is 143 g/mol. The summed E-state index contributed by atoms with van der Waals surface area (Å²) in [6.45, 7) is 3.67. The van der Waals surface area contributed by atoms with E-state index in [-0.39, 0.29) is 6.61 Å². The van der Waals surface area contributed by atoms with Gasteiger partial charge in [-0.1, -0.05) is 17.8 Å². The number of oxime groups is 1. The van der Waals surface area contributed by atoms with Crippen molar-refractivity contribution >= 4 is 12.2 Å². The number of nitrogens with zero attached hydrogens (tertiary/aromatic N) is 1. The summed E-state index contributed by atoms with van der Waals surface area (Å²) in [7, 11) is 1.27. The SMILES string of the molecule is C=CCO/N=C/C(=O)OC. The molecule has 0 saturated carbocycles. The zero-order valence-corrected chi connectivity index (χ0v) is 5.74. The van der Waals surface area contributed by atoms with Crippen LogP contribution < -0.4 is 0 Å². The molecule has 0 amide bonds. The summed E-state index contributed by atoms with van der Waals surface area (Å²) in [5.74, 6) is -0.538. The van der Waals surface area contributed by atoms with Gasteiger partial charge in [0.25, 0.3) is 0 Å². The number of methoxy groups -OCH3 is 1. The number of esters is 1. The Balaban J connectivity index is 3.35. The van der Waals surface area contributed by atoms with Crippen molar-refractivity contribution in [1.29, 1.82) is 0 Å². The highest BCUT2D eigenvalue weighted by atomic mass is 16.6. The molecule has 0 rings (SSSR count). The molecule has 0 aromatic rings. The molecule has 4 nitrogen and oxygen atoms in total. The fourth-order valence-corrected chi connectivity index (χ4v) is 0.229. The van der Waals surface area contributed by atoms with Crippen LogP contribution in [0.25, 0.3) is 0 Å². The minimum Gasteiger partial charge on any atom is -0.465 e. The van der Waals surface area contributed by atoms with Crippen LogP contribution in [0.1, 0.15) is 0 Å². The number of ether oxygens (including phenoxy) is 1. The molecule has 0 aliphatic heterocycles. The van der Waals surface area contributed by atoms with E-state index in [1.807, 2.05) is 0 Å². The van der Waals surface area contributed by atoms with E-state index in [2.05, 4.69) is 21.3 Å². The van der Waals surface area contributed by atoms with Crippen LogP contribution in [0.2, 0.25) is 0 Å². The molecule has 0 aliphatic carbocycles. The highest BCUT2D eigenvalue weighted by Gasteiger charge is 1.89. The van der Waals surface area contributed by atoms with Crippen LogP contribution in [-0.4, -0.2) is 25.9 Å². The Morgan fingerprint density at radius 2 is 2.50 bits per heavy atom. The minimum absolute atomic E-state index is 0.285. The summed E-state index contributed by atoms with van der Waals surface area (Å²) >= 11 is 0. The van der Waals surface area contributed by atoms with E-state index < -0.39 is 5.97 Å². The third-order valence-electron chi connectivity index (χ3n) is 0.626. The van der Waals surface area contributed by atoms with Crippen molar-refractivity contribution in [3.63, 3.8) is 0 Å². The van der Waals surface area contributed by atoms with E-state index in [1.54, 1.807) is 0 Å². The first-order chi connectivity index (χ1) is 4.81. The fraction of sp³-hybridized carbons (Fsp3) is 0.333. The zero-order chi connectivity index (χ0) is 7.82. The van der Waals surface area contributed by atoms with Crippen molar-refractivity contribution in [3.8, 4) is 0 Å². The third kappa shape index (κ3) is 4.83. The van der Waals surface area contributed by atoms with Crippen LogP contribution in [0.5, 0.6) is 0 Å². The van der Waals surface area contributed by atoms with Crippen LogP contribution in [0.3, 0.4) is 0 Å². The van der Waals surface area contributed by atoms with Gasteiger partial charge in [-0.25, -0.2) is 4.79 Å². The highest BCUT2D eigenvalue weighted by Crippen LogP contribution is 1.75. The predicted molar refractivity (Wildman–Crippen MR) is 36.7 cm³/mol. The fourth-order valence-electron chi connectivity index (χ4n) is 0.229. The summed E-state index contributed by atoms with van der Waals surface area (Å²) in [5, 5.41) is 3.26. The van der Waals surface area contributed by atoms with E-state index >= 15 is 0 Å². The van der Waals surface area contributed by atoms with Gasteiger partial charge in [-0.2, -0.15) is 0 Å². The summed E-state index contributed by atoms with van der Waals surface area (Å²) in [6.07, 6.45) is 2.47. The molecule has 0 spiro atoms. The van der Waals surface area contributed by atoms with Crippen LogP contribution in [0.15, 0.2) is 17.8 Å². The minimum atomic E-state index is -0.538. The maximum Gasteiger partial charge on any atom is 0.352 e. The summed E-state index contributed by atoms with van der Waals surface area (Å²) < 4.78 is 4.24. The second-order valence-electron chi connectivity index (χ2n) is 1.34. The van der Waals surface area contributed by atoms with Crippen molar-refractivity contribution < 1.29 is 14.4 Å². The molecule has 0 bridgehead atoms. The third-order valence-corrected chi connectivity index (χ3v) is 0.626.